The van der Waals surface area contributed by atoms with Gasteiger partial charge < -0.3 is 9.64 Å². The van der Waals surface area contributed by atoms with Crippen molar-refractivity contribution >= 4 is 15.7 Å². The molecule has 9 heteroatoms. The summed E-state index contributed by atoms with van der Waals surface area (Å²) in [4.78, 5) is 26.1. The third-order valence-corrected chi connectivity index (χ3v) is 7.75. The highest BCUT2D eigenvalue weighted by atomic mass is 32.2. The molecule has 4 heterocycles. The van der Waals surface area contributed by atoms with Gasteiger partial charge in [-0.05, 0) is 24.6 Å². The molecule has 2 aliphatic heterocycles. The van der Waals surface area contributed by atoms with Gasteiger partial charge in [0.05, 0.1) is 12.4 Å². The molecule has 1 atom stereocenters. The van der Waals surface area contributed by atoms with E-state index < -0.39 is 14.6 Å². The van der Waals surface area contributed by atoms with Crippen LogP contribution in [0, 0.1) is 5.92 Å². The number of likely N-dealkylation sites (tertiary alicyclic amines) is 1. The second-order valence-corrected chi connectivity index (χ2v) is 9.04. The maximum absolute atomic E-state index is 12.7. The Morgan fingerprint density at radius 2 is 1.88 bits per heavy atom. The Morgan fingerprint density at radius 3 is 2.58 bits per heavy atom. The van der Waals surface area contributed by atoms with Gasteiger partial charge in [0.1, 0.15) is 10.4 Å². The van der Waals surface area contributed by atoms with Gasteiger partial charge in [0.2, 0.25) is 0 Å². The first kappa shape index (κ1) is 16.9. The molecule has 0 N–H and O–H groups in total. The minimum absolute atomic E-state index is 0.113. The average Bonchev–Trinajstić information content (AvgIpc) is 2.90. The number of rotatable bonds is 4. The largest absolute Gasteiger partial charge is 0.463 e. The Kier molecular flexibility index (Phi) is 4.10. The number of amides is 1. The summed E-state index contributed by atoms with van der Waals surface area (Å²) in [5, 5.41) is 0. The molecule has 1 unspecified atom stereocenters. The van der Waals surface area contributed by atoms with Gasteiger partial charge >= 0.3 is 6.01 Å². The van der Waals surface area contributed by atoms with Crippen LogP contribution in [0.5, 0.6) is 6.01 Å². The molecule has 2 saturated heterocycles. The van der Waals surface area contributed by atoms with Crippen molar-refractivity contribution in [2.45, 2.75) is 11.2 Å². The van der Waals surface area contributed by atoms with E-state index in [1.165, 1.54) is 4.90 Å². The topological polar surface area (TPSA) is 102 Å². The minimum Gasteiger partial charge on any atom is -0.463 e. The number of hydrogen-bond acceptors (Lipinski definition) is 7. The molecule has 2 aromatic rings. The SMILES string of the molecule is O=C(c1ccccn1)N1CC2(C1)C(COc1ncccn1)CCS2(=O)=O. The molecule has 26 heavy (non-hydrogen) atoms. The Labute approximate surface area is 151 Å². The number of aromatic nitrogens is 3. The van der Waals surface area contributed by atoms with Gasteiger partial charge in [-0.1, -0.05) is 6.07 Å². The Balaban J connectivity index is 1.47. The highest BCUT2D eigenvalue weighted by Gasteiger charge is 2.62. The number of ether oxygens (including phenoxy) is 1. The molecule has 0 radical (unpaired) electrons. The van der Waals surface area contributed by atoms with Crippen molar-refractivity contribution in [3.8, 4) is 6.01 Å². The predicted molar refractivity (Wildman–Crippen MR) is 92.3 cm³/mol. The van der Waals surface area contributed by atoms with Crippen LogP contribution in [-0.4, -0.2) is 64.4 Å². The van der Waals surface area contributed by atoms with E-state index in [4.69, 9.17) is 4.74 Å². The van der Waals surface area contributed by atoms with Gasteiger partial charge in [-0.3, -0.25) is 9.78 Å². The fourth-order valence-corrected chi connectivity index (χ4v) is 6.04. The Morgan fingerprint density at radius 1 is 1.15 bits per heavy atom. The van der Waals surface area contributed by atoms with Crippen LogP contribution in [0.2, 0.25) is 0 Å². The molecule has 8 nitrogen and oxygen atoms in total. The lowest BCUT2D eigenvalue weighted by Gasteiger charge is -2.49. The van der Waals surface area contributed by atoms with Crippen LogP contribution >= 0.6 is 0 Å². The second kappa shape index (κ2) is 6.31. The standard InChI is InChI=1S/C17H18N4O4S/c22-15(14-4-1-2-6-18-14)21-11-17(12-21)13(5-9-26(17,23)24)10-25-16-19-7-3-8-20-16/h1-4,6-8,13H,5,9-12H2. The highest BCUT2D eigenvalue weighted by molar-refractivity contribution is 7.93. The molecule has 1 amide bonds. The zero-order valence-electron chi connectivity index (χ0n) is 14.0. The molecule has 2 aliphatic rings. The zero-order chi connectivity index (χ0) is 18.2. The quantitative estimate of drug-likeness (QED) is 0.771. The van der Waals surface area contributed by atoms with E-state index >= 15 is 0 Å². The molecule has 1 spiro atoms. The zero-order valence-corrected chi connectivity index (χ0v) is 14.8. The molecule has 0 aromatic carbocycles. The summed E-state index contributed by atoms with van der Waals surface area (Å²) >= 11 is 0. The fourth-order valence-electron chi connectivity index (χ4n) is 3.64. The summed E-state index contributed by atoms with van der Waals surface area (Å²) in [5.41, 5.74) is 0.322. The van der Waals surface area contributed by atoms with Crippen molar-refractivity contribution in [1.82, 2.24) is 19.9 Å². The first-order valence-corrected chi connectivity index (χ1v) is 9.99. The number of carbonyl (C=O) groups is 1. The van der Waals surface area contributed by atoms with Crippen molar-refractivity contribution in [2.24, 2.45) is 5.92 Å². The number of sulfone groups is 1. The molecule has 2 fully saturated rings. The molecular formula is C17H18N4O4S. The van der Waals surface area contributed by atoms with Crippen molar-refractivity contribution in [2.75, 3.05) is 25.4 Å². The first-order valence-electron chi connectivity index (χ1n) is 8.34. The van der Waals surface area contributed by atoms with Gasteiger partial charge in [-0.2, -0.15) is 0 Å². The van der Waals surface area contributed by atoms with Crippen LogP contribution in [0.1, 0.15) is 16.9 Å². The maximum Gasteiger partial charge on any atom is 0.316 e. The number of pyridine rings is 1. The van der Waals surface area contributed by atoms with E-state index in [0.29, 0.717) is 12.1 Å². The third kappa shape index (κ3) is 2.72. The van der Waals surface area contributed by atoms with E-state index in [2.05, 4.69) is 15.0 Å². The van der Waals surface area contributed by atoms with Crippen LogP contribution in [0.15, 0.2) is 42.9 Å². The summed E-state index contributed by atoms with van der Waals surface area (Å²) in [6.45, 7) is 0.567. The van der Waals surface area contributed by atoms with Crippen molar-refractivity contribution in [3.05, 3.63) is 48.5 Å². The molecule has 4 rings (SSSR count). The summed E-state index contributed by atoms with van der Waals surface area (Å²) in [6, 6.07) is 7.01. The molecule has 2 aromatic heterocycles. The lowest BCUT2D eigenvalue weighted by molar-refractivity contribution is 0.0398. The molecular weight excluding hydrogens is 356 g/mol. The highest BCUT2D eigenvalue weighted by Crippen LogP contribution is 2.45. The monoisotopic (exact) mass is 374 g/mol. The van der Waals surface area contributed by atoms with Gasteiger partial charge in [-0.25, -0.2) is 18.4 Å². The van der Waals surface area contributed by atoms with Crippen LogP contribution in [0.3, 0.4) is 0 Å². The van der Waals surface area contributed by atoms with Gasteiger partial charge in [0, 0.05) is 37.6 Å². The molecule has 0 saturated carbocycles. The van der Waals surface area contributed by atoms with Crippen molar-refractivity contribution < 1.29 is 17.9 Å². The summed E-state index contributed by atoms with van der Waals surface area (Å²) in [6.07, 6.45) is 5.20. The lowest BCUT2D eigenvalue weighted by Crippen LogP contribution is -2.69. The third-order valence-electron chi connectivity index (χ3n) is 5.14. The molecule has 136 valence electrons. The van der Waals surface area contributed by atoms with Crippen LogP contribution in [-0.2, 0) is 9.84 Å². The van der Waals surface area contributed by atoms with Crippen molar-refractivity contribution in [3.63, 3.8) is 0 Å². The lowest BCUT2D eigenvalue weighted by atomic mass is 9.83. The van der Waals surface area contributed by atoms with Gasteiger partial charge in [0.15, 0.2) is 9.84 Å². The van der Waals surface area contributed by atoms with E-state index in [1.54, 1.807) is 42.9 Å². The van der Waals surface area contributed by atoms with E-state index in [1.807, 2.05) is 0 Å². The predicted octanol–water partition coefficient (Wildman–Crippen LogP) is 0.580. The van der Waals surface area contributed by atoms with Crippen LogP contribution in [0.4, 0.5) is 0 Å². The van der Waals surface area contributed by atoms with Crippen LogP contribution < -0.4 is 4.74 Å². The summed E-state index contributed by atoms with van der Waals surface area (Å²) in [5.74, 6) is -0.323. The fraction of sp³-hybridized carbons (Fsp3) is 0.412. The smallest absolute Gasteiger partial charge is 0.316 e. The normalized spacial score (nSPS) is 22.8. The van der Waals surface area contributed by atoms with Gasteiger partial charge in [-0.15, -0.1) is 0 Å². The maximum atomic E-state index is 12.7. The summed E-state index contributed by atoms with van der Waals surface area (Å²) in [7, 11) is -3.29. The van der Waals surface area contributed by atoms with Crippen LogP contribution in [0.25, 0.3) is 0 Å². The Hall–Kier alpha value is -2.55. The Bertz CT molecular complexity index is 899. The number of hydrogen-bond donors (Lipinski definition) is 0. The second-order valence-electron chi connectivity index (χ2n) is 6.59. The number of carbonyl (C=O) groups excluding carboxylic acids is 1. The first-order chi connectivity index (χ1) is 12.5. The van der Waals surface area contributed by atoms with E-state index in [-0.39, 0.29) is 43.3 Å². The van der Waals surface area contributed by atoms with E-state index in [9.17, 15) is 13.2 Å². The number of nitrogens with zero attached hydrogens (tertiary/aromatic N) is 4. The minimum atomic E-state index is -3.29. The van der Waals surface area contributed by atoms with Crippen molar-refractivity contribution in [1.29, 1.82) is 0 Å². The summed E-state index contributed by atoms with van der Waals surface area (Å²) < 4.78 is 30.0. The molecule has 0 bridgehead atoms. The van der Waals surface area contributed by atoms with Gasteiger partial charge in [0.25, 0.3) is 5.91 Å². The molecule has 0 aliphatic carbocycles. The van der Waals surface area contributed by atoms with E-state index in [0.717, 1.165) is 0 Å². The average molecular weight is 374 g/mol.